The number of carbonyl (C=O) groups is 1. The van der Waals surface area contributed by atoms with Crippen molar-refractivity contribution >= 4 is 5.97 Å². The predicted molar refractivity (Wildman–Crippen MR) is 137 cm³/mol. The fraction of sp³-hybridized carbons (Fsp3) is 0.966. The Kier molecular flexibility index (Phi) is 8.06. The number of ether oxygens (including phenoxy) is 1. The first-order chi connectivity index (χ1) is 16.1. The van der Waals surface area contributed by atoms with Gasteiger partial charge in [0.05, 0.1) is 13.2 Å². The molecule has 0 spiro atoms. The van der Waals surface area contributed by atoms with Gasteiger partial charge in [-0.1, -0.05) is 20.8 Å². The molecule has 0 aromatic heterocycles. The first-order valence-electron chi connectivity index (χ1n) is 14.2. The van der Waals surface area contributed by atoms with Crippen molar-refractivity contribution in [3.63, 3.8) is 0 Å². The normalized spacial score (nSPS) is 44.8. The molecule has 4 unspecified atom stereocenters. The molecular formula is C29H52N2O3. The Labute approximate surface area is 208 Å². The summed E-state index contributed by atoms with van der Waals surface area (Å²) in [4.78, 5) is 14.0. The molecule has 0 heterocycles. The number of carbonyl (C=O) groups excluding carboxylic acids is 1. The molecule has 4 saturated carbocycles. The number of aliphatic hydroxyl groups excluding tert-OH is 1. The van der Waals surface area contributed by atoms with Crippen LogP contribution in [0, 0.1) is 46.3 Å². The van der Waals surface area contributed by atoms with E-state index >= 15 is 0 Å². The smallest absolute Gasteiger partial charge is 0.305 e. The highest BCUT2D eigenvalue weighted by molar-refractivity contribution is 5.69. The number of fused-ring (bicyclic) bond motifs is 5. The van der Waals surface area contributed by atoms with E-state index in [0.717, 1.165) is 25.9 Å². The van der Waals surface area contributed by atoms with Crippen LogP contribution in [0.2, 0.25) is 0 Å². The van der Waals surface area contributed by atoms with Crippen molar-refractivity contribution in [1.82, 2.24) is 10.2 Å². The van der Waals surface area contributed by atoms with Crippen molar-refractivity contribution in [1.29, 1.82) is 0 Å². The Morgan fingerprint density at radius 2 is 1.79 bits per heavy atom. The zero-order valence-electron chi connectivity index (χ0n) is 22.8. The molecule has 0 aromatic carbocycles. The summed E-state index contributed by atoms with van der Waals surface area (Å²) >= 11 is 0. The van der Waals surface area contributed by atoms with E-state index in [2.05, 4.69) is 45.1 Å². The highest BCUT2D eigenvalue weighted by Crippen LogP contribution is 2.68. The van der Waals surface area contributed by atoms with Crippen LogP contribution in [0.1, 0.15) is 85.0 Å². The molecule has 0 radical (unpaired) electrons. The maximum atomic E-state index is 11.7. The van der Waals surface area contributed by atoms with Crippen LogP contribution in [0.5, 0.6) is 0 Å². The highest BCUT2D eigenvalue weighted by atomic mass is 16.5. The van der Waals surface area contributed by atoms with E-state index in [1.165, 1.54) is 52.1 Å². The molecule has 4 aliphatic carbocycles. The summed E-state index contributed by atoms with van der Waals surface area (Å²) < 4.78 is 4.90. The standard InChI is InChI=1S/C29H52N2O3/c1-19(7-10-26(33)34-6)22-8-9-23-27-24(12-14-29(22,23)3)28(2)13-11-21(30-15-16-31(4)5)17-20(28)18-25(27)32/h19-25,27,30,32H,7-18H2,1-6H3/t19?,20-,21-,22-,23?,24?,25-,27?,28+,29-/m1/s1. The first kappa shape index (κ1) is 26.4. The van der Waals surface area contributed by atoms with Gasteiger partial charge in [0.2, 0.25) is 0 Å². The van der Waals surface area contributed by atoms with E-state index < -0.39 is 0 Å². The van der Waals surface area contributed by atoms with Crippen molar-refractivity contribution in [2.75, 3.05) is 34.3 Å². The van der Waals surface area contributed by atoms with Crippen LogP contribution >= 0.6 is 0 Å². The van der Waals surface area contributed by atoms with Crippen LogP contribution in [-0.4, -0.2) is 62.4 Å². The van der Waals surface area contributed by atoms with Gasteiger partial charge in [0.15, 0.2) is 0 Å². The lowest BCUT2D eigenvalue weighted by molar-refractivity contribution is -0.167. The van der Waals surface area contributed by atoms with Gasteiger partial charge >= 0.3 is 5.97 Å². The number of esters is 1. The first-order valence-corrected chi connectivity index (χ1v) is 14.2. The van der Waals surface area contributed by atoms with Gasteiger partial charge in [0.25, 0.3) is 0 Å². The average Bonchev–Trinajstić information content (AvgIpc) is 3.15. The number of hydrogen-bond acceptors (Lipinski definition) is 5. The van der Waals surface area contributed by atoms with Gasteiger partial charge in [-0.2, -0.15) is 0 Å². The number of likely N-dealkylation sites (N-methyl/N-ethyl adjacent to an activating group) is 1. The third-order valence-corrected chi connectivity index (χ3v) is 11.5. The van der Waals surface area contributed by atoms with Gasteiger partial charge in [-0.15, -0.1) is 0 Å². The lowest BCUT2D eigenvalue weighted by Gasteiger charge is -2.62. The predicted octanol–water partition coefficient (Wildman–Crippen LogP) is 4.73. The molecule has 34 heavy (non-hydrogen) atoms. The summed E-state index contributed by atoms with van der Waals surface area (Å²) in [5.74, 6) is 3.55. The number of rotatable bonds is 8. The zero-order chi connectivity index (χ0) is 24.7. The van der Waals surface area contributed by atoms with Crippen molar-refractivity contribution in [2.45, 2.75) is 97.1 Å². The fourth-order valence-electron chi connectivity index (χ4n) is 9.52. The van der Waals surface area contributed by atoms with E-state index in [4.69, 9.17) is 4.74 Å². The minimum Gasteiger partial charge on any atom is -0.469 e. The molecule has 0 aromatic rings. The van der Waals surface area contributed by atoms with Gasteiger partial charge in [0.1, 0.15) is 0 Å². The second kappa shape index (κ2) is 10.4. The van der Waals surface area contributed by atoms with Crippen LogP contribution in [0.15, 0.2) is 0 Å². The van der Waals surface area contributed by atoms with E-state index in [1.807, 2.05) is 0 Å². The molecule has 0 aliphatic heterocycles. The van der Waals surface area contributed by atoms with Crippen LogP contribution in [0.3, 0.4) is 0 Å². The Bertz CT molecular complexity index is 713. The summed E-state index contributed by atoms with van der Waals surface area (Å²) in [5, 5.41) is 15.4. The van der Waals surface area contributed by atoms with Crippen LogP contribution in [0.4, 0.5) is 0 Å². The molecule has 0 amide bonds. The molecule has 4 rings (SSSR count). The fourth-order valence-corrected chi connectivity index (χ4v) is 9.52. The summed E-state index contributed by atoms with van der Waals surface area (Å²) in [5.41, 5.74) is 0.700. The third kappa shape index (κ3) is 4.83. The largest absolute Gasteiger partial charge is 0.469 e. The van der Waals surface area contributed by atoms with Crippen LogP contribution in [0.25, 0.3) is 0 Å². The van der Waals surface area contributed by atoms with E-state index in [0.29, 0.717) is 58.8 Å². The Hall–Kier alpha value is -0.650. The molecule has 10 atom stereocenters. The SMILES string of the molecule is COC(=O)CCC(C)[C@H]1CCC2C3C(CC[C@@]21C)[C@@]1(C)CC[C@@H](NCCN(C)C)C[C@@H]1C[C@H]3O. The molecule has 0 saturated heterocycles. The molecule has 196 valence electrons. The Balaban J connectivity index is 1.43. The quantitative estimate of drug-likeness (QED) is 0.496. The van der Waals surface area contributed by atoms with E-state index in [1.54, 1.807) is 0 Å². The Morgan fingerprint density at radius 1 is 1.09 bits per heavy atom. The average molecular weight is 477 g/mol. The third-order valence-electron chi connectivity index (χ3n) is 11.5. The molecule has 5 heteroatoms. The van der Waals surface area contributed by atoms with Crippen molar-refractivity contribution in [2.24, 2.45) is 46.3 Å². The molecule has 0 bridgehead atoms. The lowest BCUT2D eigenvalue weighted by atomic mass is 9.43. The maximum Gasteiger partial charge on any atom is 0.305 e. The molecule has 4 fully saturated rings. The van der Waals surface area contributed by atoms with Crippen molar-refractivity contribution in [3.8, 4) is 0 Å². The van der Waals surface area contributed by atoms with Gasteiger partial charge in [-0.3, -0.25) is 4.79 Å². The lowest BCUT2D eigenvalue weighted by Crippen LogP contribution is -2.59. The second-order valence-electron chi connectivity index (χ2n) is 13.3. The monoisotopic (exact) mass is 476 g/mol. The second-order valence-corrected chi connectivity index (χ2v) is 13.3. The minimum atomic E-state index is -0.141. The number of aliphatic hydroxyl groups is 1. The minimum absolute atomic E-state index is 0.0799. The molecule has 2 N–H and O–H groups in total. The van der Waals surface area contributed by atoms with E-state index in [-0.39, 0.29) is 12.1 Å². The zero-order valence-corrected chi connectivity index (χ0v) is 22.8. The topological polar surface area (TPSA) is 61.8 Å². The molecule has 5 nitrogen and oxygen atoms in total. The van der Waals surface area contributed by atoms with Crippen LogP contribution < -0.4 is 5.32 Å². The van der Waals surface area contributed by atoms with Crippen molar-refractivity contribution < 1.29 is 14.6 Å². The summed E-state index contributed by atoms with van der Waals surface area (Å²) in [7, 11) is 5.77. The summed E-state index contributed by atoms with van der Waals surface area (Å²) in [6.07, 6.45) is 11.3. The van der Waals surface area contributed by atoms with Crippen molar-refractivity contribution in [3.05, 3.63) is 0 Å². The maximum absolute atomic E-state index is 11.7. The highest BCUT2D eigenvalue weighted by Gasteiger charge is 2.62. The summed E-state index contributed by atoms with van der Waals surface area (Å²) in [6, 6.07) is 0.613. The number of nitrogens with zero attached hydrogens (tertiary/aromatic N) is 1. The Morgan fingerprint density at radius 3 is 2.50 bits per heavy atom. The summed E-state index contributed by atoms with van der Waals surface area (Å²) in [6.45, 7) is 9.63. The number of hydrogen-bond donors (Lipinski definition) is 2. The van der Waals surface area contributed by atoms with Gasteiger partial charge < -0.3 is 20.1 Å². The van der Waals surface area contributed by atoms with Crippen LogP contribution in [-0.2, 0) is 9.53 Å². The number of methoxy groups -OCH3 is 1. The van der Waals surface area contributed by atoms with Gasteiger partial charge in [-0.05, 0) is 118 Å². The molecular weight excluding hydrogens is 424 g/mol. The van der Waals surface area contributed by atoms with Gasteiger partial charge in [-0.25, -0.2) is 0 Å². The molecule has 4 aliphatic rings. The van der Waals surface area contributed by atoms with E-state index in [9.17, 15) is 9.90 Å². The van der Waals surface area contributed by atoms with Gasteiger partial charge in [0, 0.05) is 25.6 Å². The number of nitrogens with one attached hydrogen (secondary N) is 1.